The molecule has 0 spiro atoms. The molecule has 2 heterocycles. The number of carbonyl (C=O) groups excluding carboxylic acids is 1. The van der Waals surface area contributed by atoms with Crippen LogP contribution in [0.15, 0.2) is 42.7 Å². The van der Waals surface area contributed by atoms with Gasteiger partial charge >= 0.3 is 0 Å². The molecule has 0 saturated heterocycles. The summed E-state index contributed by atoms with van der Waals surface area (Å²) in [6.07, 6.45) is 4.36. The second-order valence-corrected chi connectivity index (χ2v) is 5.28. The van der Waals surface area contributed by atoms with E-state index in [9.17, 15) is 4.79 Å². The van der Waals surface area contributed by atoms with E-state index in [-0.39, 0.29) is 11.9 Å². The van der Waals surface area contributed by atoms with E-state index in [0.717, 1.165) is 12.0 Å². The van der Waals surface area contributed by atoms with Crippen molar-refractivity contribution in [1.82, 2.24) is 14.9 Å². The van der Waals surface area contributed by atoms with Gasteiger partial charge in [0.15, 0.2) is 0 Å². The van der Waals surface area contributed by atoms with E-state index < -0.39 is 0 Å². The minimum absolute atomic E-state index is 0.110. The van der Waals surface area contributed by atoms with Crippen molar-refractivity contribution in [2.45, 2.75) is 32.9 Å². The monoisotopic (exact) mass is 303 g/mol. The normalized spacial score (nSPS) is 12.0. The van der Waals surface area contributed by atoms with Crippen molar-refractivity contribution < 1.29 is 4.79 Å². The number of amides is 1. The molecule has 2 aromatic rings. The maximum atomic E-state index is 12.7. The molecular formula is C16H18ClN3O. The molecule has 0 saturated carbocycles. The molecule has 0 aliphatic rings. The van der Waals surface area contributed by atoms with Crippen LogP contribution >= 0.6 is 11.6 Å². The maximum absolute atomic E-state index is 12.7. The number of hydrogen-bond donors (Lipinski definition) is 0. The second-order valence-electron chi connectivity index (χ2n) is 4.90. The predicted molar refractivity (Wildman–Crippen MR) is 83.1 cm³/mol. The number of nitrogens with zero attached hydrogens (tertiary/aromatic N) is 3. The third kappa shape index (κ3) is 4.02. The van der Waals surface area contributed by atoms with Gasteiger partial charge in [0, 0.05) is 25.0 Å². The van der Waals surface area contributed by atoms with E-state index in [2.05, 4.69) is 16.9 Å². The minimum atomic E-state index is -0.115. The topological polar surface area (TPSA) is 46.1 Å². The number of pyridine rings is 2. The quantitative estimate of drug-likeness (QED) is 0.793. The van der Waals surface area contributed by atoms with Crippen LogP contribution in [0.3, 0.4) is 0 Å². The summed E-state index contributed by atoms with van der Waals surface area (Å²) >= 11 is 5.88. The number of rotatable bonds is 5. The van der Waals surface area contributed by atoms with Crippen LogP contribution in [0.5, 0.6) is 0 Å². The Bertz CT molecular complexity index is 603. The molecule has 0 radical (unpaired) electrons. The van der Waals surface area contributed by atoms with Gasteiger partial charge in [-0.25, -0.2) is 4.98 Å². The van der Waals surface area contributed by atoms with Crippen LogP contribution in [0.25, 0.3) is 0 Å². The molecule has 0 N–H and O–H groups in total. The summed E-state index contributed by atoms with van der Waals surface area (Å²) in [4.78, 5) is 22.7. The van der Waals surface area contributed by atoms with Crippen molar-refractivity contribution in [3.8, 4) is 0 Å². The minimum Gasteiger partial charge on any atom is -0.330 e. The number of halogens is 1. The van der Waals surface area contributed by atoms with Gasteiger partial charge in [0.2, 0.25) is 0 Å². The van der Waals surface area contributed by atoms with Gasteiger partial charge in [0.05, 0.1) is 0 Å². The van der Waals surface area contributed by atoms with Crippen molar-refractivity contribution in [3.63, 3.8) is 0 Å². The van der Waals surface area contributed by atoms with Gasteiger partial charge < -0.3 is 4.90 Å². The molecule has 0 aromatic carbocycles. The molecule has 0 unspecified atom stereocenters. The lowest BCUT2D eigenvalue weighted by Crippen LogP contribution is -2.38. The molecule has 0 aliphatic heterocycles. The summed E-state index contributed by atoms with van der Waals surface area (Å²) in [5.41, 5.74) is 1.36. The van der Waals surface area contributed by atoms with E-state index in [1.165, 1.54) is 0 Å². The van der Waals surface area contributed by atoms with Crippen molar-refractivity contribution in [2.24, 2.45) is 0 Å². The fourth-order valence-electron chi connectivity index (χ4n) is 2.01. The van der Waals surface area contributed by atoms with Gasteiger partial charge in [0.1, 0.15) is 10.8 Å². The largest absolute Gasteiger partial charge is 0.330 e. The highest BCUT2D eigenvalue weighted by atomic mass is 35.5. The van der Waals surface area contributed by atoms with Crippen molar-refractivity contribution in [1.29, 1.82) is 0 Å². The second kappa shape index (κ2) is 7.18. The number of carbonyl (C=O) groups is 1. The van der Waals surface area contributed by atoms with Crippen molar-refractivity contribution in [3.05, 3.63) is 59.1 Å². The molecule has 0 bridgehead atoms. The molecule has 4 nitrogen and oxygen atoms in total. The van der Waals surface area contributed by atoms with Gasteiger partial charge in [-0.1, -0.05) is 30.7 Å². The van der Waals surface area contributed by atoms with Gasteiger partial charge in [0.25, 0.3) is 5.91 Å². The van der Waals surface area contributed by atoms with Crippen LogP contribution in [-0.4, -0.2) is 26.8 Å². The van der Waals surface area contributed by atoms with Gasteiger partial charge in [-0.2, -0.15) is 0 Å². The zero-order valence-electron chi connectivity index (χ0n) is 12.2. The Kier molecular flexibility index (Phi) is 5.28. The Morgan fingerprint density at radius 3 is 2.76 bits per heavy atom. The molecule has 21 heavy (non-hydrogen) atoms. The zero-order chi connectivity index (χ0) is 15.2. The van der Waals surface area contributed by atoms with Gasteiger partial charge in [-0.3, -0.25) is 9.78 Å². The fourth-order valence-corrected chi connectivity index (χ4v) is 2.17. The van der Waals surface area contributed by atoms with E-state index >= 15 is 0 Å². The number of aromatic nitrogens is 2. The fraction of sp³-hybridized carbons (Fsp3) is 0.312. The van der Waals surface area contributed by atoms with E-state index in [4.69, 9.17) is 11.6 Å². The average molecular weight is 304 g/mol. The molecule has 5 heteroatoms. The Balaban J connectivity index is 2.25. The molecule has 2 aromatic heterocycles. The van der Waals surface area contributed by atoms with Crippen LogP contribution in [0.2, 0.25) is 5.15 Å². The molecule has 2 rings (SSSR count). The van der Waals surface area contributed by atoms with E-state index in [0.29, 0.717) is 17.4 Å². The summed E-state index contributed by atoms with van der Waals surface area (Å²) in [6, 6.07) is 9.02. The summed E-state index contributed by atoms with van der Waals surface area (Å²) in [6.45, 7) is 4.59. The molecule has 110 valence electrons. The van der Waals surface area contributed by atoms with E-state index in [1.807, 2.05) is 19.1 Å². The highest BCUT2D eigenvalue weighted by molar-refractivity contribution is 6.29. The smallest absolute Gasteiger partial charge is 0.273 e. The van der Waals surface area contributed by atoms with Gasteiger partial charge in [-0.15, -0.1) is 0 Å². The standard InChI is InChI=1S/C16H18ClN3O/c1-3-12(2)20(11-13-6-5-9-18-10-13)16(21)14-7-4-8-15(17)19-14/h4-10,12H,3,11H2,1-2H3/t12-/m1/s1. The van der Waals surface area contributed by atoms with Crippen LogP contribution in [-0.2, 0) is 6.54 Å². The molecule has 1 amide bonds. The van der Waals surface area contributed by atoms with Crippen molar-refractivity contribution in [2.75, 3.05) is 0 Å². The summed E-state index contributed by atoms with van der Waals surface area (Å²) in [5.74, 6) is -0.115. The summed E-state index contributed by atoms with van der Waals surface area (Å²) < 4.78 is 0. The Labute approximate surface area is 129 Å². The Morgan fingerprint density at radius 2 is 2.14 bits per heavy atom. The molecule has 0 aliphatic carbocycles. The van der Waals surface area contributed by atoms with Crippen LogP contribution in [0.4, 0.5) is 0 Å². The third-order valence-electron chi connectivity index (χ3n) is 3.39. The van der Waals surface area contributed by atoms with Crippen LogP contribution in [0.1, 0.15) is 36.3 Å². The Hall–Kier alpha value is -1.94. The highest BCUT2D eigenvalue weighted by Gasteiger charge is 2.22. The first-order valence-corrected chi connectivity index (χ1v) is 7.32. The van der Waals surface area contributed by atoms with Crippen LogP contribution < -0.4 is 0 Å². The van der Waals surface area contributed by atoms with Crippen LogP contribution in [0, 0.1) is 0 Å². The number of hydrogen-bond acceptors (Lipinski definition) is 3. The molecule has 1 atom stereocenters. The first-order valence-electron chi connectivity index (χ1n) is 6.94. The lowest BCUT2D eigenvalue weighted by Gasteiger charge is -2.28. The summed E-state index contributed by atoms with van der Waals surface area (Å²) in [7, 11) is 0. The molecule has 0 fully saturated rings. The highest BCUT2D eigenvalue weighted by Crippen LogP contribution is 2.15. The SMILES string of the molecule is CC[C@@H](C)N(Cc1cccnc1)C(=O)c1cccc(Cl)n1. The third-order valence-corrected chi connectivity index (χ3v) is 3.60. The first-order chi connectivity index (χ1) is 10.1. The molecular weight excluding hydrogens is 286 g/mol. The summed E-state index contributed by atoms with van der Waals surface area (Å²) in [5, 5.41) is 0.325. The lowest BCUT2D eigenvalue weighted by atomic mass is 10.1. The van der Waals surface area contributed by atoms with Crippen molar-refractivity contribution >= 4 is 17.5 Å². The average Bonchev–Trinajstić information content (AvgIpc) is 2.52. The predicted octanol–water partition coefficient (Wildman–Crippen LogP) is 3.57. The lowest BCUT2D eigenvalue weighted by molar-refractivity contribution is 0.0665. The van der Waals surface area contributed by atoms with E-state index in [1.54, 1.807) is 35.5 Å². The maximum Gasteiger partial charge on any atom is 0.273 e. The first kappa shape index (κ1) is 15.4. The van der Waals surface area contributed by atoms with Gasteiger partial charge in [-0.05, 0) is 37.1 Å². The Morgan fingerprint density at radius 1 is 1.33 bits per heavy atom. The zero-order valence-corrected chi connectivity index (χ0v) is 12.9.